The fourth-order valence-electron chi connectivity index (χ4n) is 3.89. The molecule has 1 N–H and O–H groups in total. The van der Waals surface area contributed by atoms with Gasteiger partial charge in [0, 0.05) is 23.9 Å². The zero-order chi connectivity index (χ0) is 17.1. The molecule has 1 aromatic heterocycles. The Kier molecular flexibility index (Phi) is 5.54. The Morgan fingerprint density at radius 1 is 1.33 bits per heavy atom. The van der Waals surface area contributed by atoms with E-state index in [1.165, 1.54) is 12.8 Å². The first-order valence-electron chi connectivity index (χ1n) is 9.10. The maximum Gasteiger partial charge on any atom is 0.225 e. The number of carbonyl (C=O) groups excluding carboxylic acids is 2. The highest BCUT2D eigenvalue weighted by atomic mass is 32.1. The molecule has 1 aromatic rings. The maximum absolute atomic E-state index is 12.6. The fraction of sp³-hybridized carbons (Fsp3) is 0.722. The number of hydrogen-bond acceptors (Lipinski definition) is 4. The Balaban J connectivity index is 1.57. The van der Waals surface area contributed by atoms with Crippen molar-refractivity contribution in [3.63, 3.8) is 0 Å². The summed E-state index contributed by atoms with van der Waals surface area (Å²) in [7, 11) is 0. The summed E-state index contributed by atoms with van der Waals surface area (Å²) < 4.78 is 0. The minimum Gasteiger partial charge on any atom is -0.351 e. The lowest BCUT2D eigenvalue weighted by Gasteiger charge is -2.36. The first kappa shape index (κ1) is 17.4. The van der Waals surface area contributed by atoms with Crippen molar-refractivity contribution in [3.05, 3.63) is 15.6 Å². The van der Waals surface area contributed by atoms with Gasteiger partial charge in [0.15, 0.2) is 0 Å². The molecule has 2 amide bonds. The molecule has 0 spiro atoms. The molecule has 1 aliphatic carbocycles. The summed E-state index contributed by atoms with van der Waals surface area (Å²) in [5.74, 6) is 0.248. The molecule has 2 aliphatic rings. The van der Waals surface area contributed by atoms with Gasteiger partial charge in [-0.3, -0.25) is 9.59 Å². The molecule has 1 saturated carbocycles. The van der Waals surface area contributed by atoms with Gasteiger partial charge < -0.3 is 10.2 Å². The minimum absolute atomic E-state index is 0.0672. The topological polar surface area (TPSA) is 62.3 Å². The van der Waals surface area contributed by atoms with Gasteiger partial charge >= 0.3 is 0 Å². The largest absolute Gasteiger partial charge is 0.351 e. The summed E-state index contributed by atoms with van der Waals surface area (Å²) >= 11 is 1.66. The van der Waals surface area contributed by atoms with Gasteiger partial charge in [-0.05, 0) is 32.6 Å². The van der Waals surface area contributed by atoms with E-state index in [0.717, 1.165) is 34.8 Å². The van der Waals surface area contributed by atoms with E-state index in [9.17, 15) is 9.59 Å². The van der Waals surface area contributed by atoms with Crippen LogP contribution in [0.5, 0.6) is 0 Å². The van der Waals surface area contributed by atoms with Crippen molar-refractivity contribution in [2.75, 3.05) is 6.54 Å². The Morgan fingerprint density at radius 3 is 2.79 bits per heavy atom. The van der Waals surface area contributed by atoms with Crippen LogP contribution in [0.15, 0.2) is 0 Å². The Labute approximate surface area is 147 Å². The van der Waals surface area contributed by atoms with Crippen LogP contribution in [-0.2, 0) is 22.6 Å². The molecule has 0 bridgehead atoms. The molecule has 5 nitrogen and oxygen atoms in total. The normalized spacial score (nSPS) is 22.2. The van der Waals surface area contributed by atoms with Crippen LogP contribution in [0.3, 0.4) is 0 Å². The molecular weight excluding hydrogens is 322 g/mol. The second-order valence-electron chi connectivity index (χ2n) is 6.89. The summed E-state index contributed by atoms with van der Waals surface area (Å²) in [6, 6.07) is 0.365. The molecule has 0 unspecified atom stereocenters. The lowest BCUT2D eigenvalue weighted by Crippen LogP contribution is -2.49. The van der Waals surface area contributed by atoms with E-state index in [4.69, 9.17) is 0 Å². The molecule has 1 saturated heterocycles. The lowest BCUT2D eigenvalue weighted by atomic mass is 9.95. The van der Waals surface area contributed by atoms with Crippen LogP contribution in [0, 0.1) is 12.8 Å². The Morgan fingerprint density at radius 2 is 2.08 bits per heavy atom. The van der Waals surface area contributed by atoms with Gasteiger partial charge in [-0.1, -0.05) is 19.8 Å². The van der Waals surface area contributed by atoms with Crippen LogP contribution in [-0.4, -0.2) is 34.3 Å². The third kappa shape index (κ3) is 3.79. The molecule has 24 heavy (non-hydrogen) atoms. The Hall–Kier alpha value is -1.43. The van der Waals surface area contributed by atoms with Crippen molar-refractivity contribution in [1.82, 2.24) is 15.2 Å². The van der Waals surface area contributed by atoms with Crippen LogP contribution in [0.2, 0.25) is 0 Å². The van der Waals surface area contributed by atoms with Crippen molar-refractivity contribution < 1.29 is 9.59 Å². The monoisotopic (exact) mass is 349 g/mol. The molecule has 0 radical (unpaired) electrons. The van der Waals surface area contributed by atoms with Crippen molar-refractivity contribution in [1.29, 1.82) is 0 Å². The van der Waals surface area contributed by atoms with Crippen LogP contribution in [0.1, 0.15) is 61.0 Å². The number of rotatable bonds is 5. The number of carbonyl (C=O) groups is 2. The SMILES string of the molecule is CCc1nc(C)sc1CNC(=O)[C@@H]1CCC(=O)N(C2CCCC2)C1. The van der Waals surface area contributed by atoms with Gasteiger partial charge in [0.1, 0.15) is 0 Å². The summed E-state index contributed by atoms with van der Waals surface area (Å²) in [4.78, 5) is 32.4. The van der Waals surface area contributed by atoms with E-state index in [1.54, 1.807) is 11.3 Å². The van der Waals surface area contributed by atoms with E-state index in [2.05, 4.69) is 17.2 Å². The Bertz CT molecular complexity index is 607. The zero-order valence-corrected chi connectivity index (χ0v) is 15.5. The standard InChI is InChI=1S/C18H27N3O2S/c1-3-15-16(24-12(2)20-15)10-19-18(23)13-8-9-17(22)21(11-13)14-6-4-5-7-14/h13-14H,3-11H2,1-2H3,(H,19,23)/t13-/m1/s1. The van der Waals surface area contributed by atoms with Crippen LogP contribution >= 0.6 is 11.3 Å². The highest BCUT2D eigenvalue weighted by Crippen LogP contribution is 2.29. The minimum atomic E-state index is -0.0672. The zero-order valence-electron chi connectivity index (χ0n) is 14.6. The van der Waals surface area contributed by atoms with E-state index in [1.807, 2.05) is 11.8 Å². The van der Waals surface area contributed by atoms with Crippen LogP contribution in [0.25, 0.3) is 0 Å². The number of aromatic nitrogens is 1. The number of thiazole rings is 1. The number of likely N-dealkylation sites (tertiary alicyclic amines) is 1. The predicted molar refractivity (Wildman–Crippen MR) is 94.8 cm³/mol. The maximum atomic E-state index is 12.6. The number of nitrogens with one attached hydrogen (secondary N) is 1. The molecule has 1 atom stereocenters. The fourth-order valence-corrected chi connectivity index (χ4v) is 4.86. The molecule has 1 aliphatic heterocycles. The van der Waals surface area contributed by atoms with Crippen LogP contribution < -0.4 is 5.32 Å². The average molecular weight is 350 g/mol. The first-order chi connectivity index (χ1) is 11.6. The van der Waals surface area contributed by atoms with E-state index in [0.29, 0.717) is 32.0 Å². The van der Waals surface area contributed by atoms with Gasteiger partial charge in [-0.25, -0.2) is 4.98 Å². The smallest absolute Gasteiger partial charge is 0.225 e. The predicted octanol–water partition coefficient (Wildman–Crippen LogP) is 2.81. The lowest BCUT2D eigenvalue weighted by molar-refractivity contribution is -0.140. The number of hydrogen-bond donors (Lipinski definition) is 1. The first-order valence-corrected chi connectivity index (χ1v) is 9.92. The van der Waals surface area contributed by atoms with E-state index < -0.39 is 0 Å². The second-order valence-corrected chi connectivity index (χ2v) is 8.18. The van der Waals surface area contributed by atoms with Crippen LogP contribution in [0.4, 0.5) is 0 Å². The number of aryl methyl sites for hydroxylation is 2. The van der Waals surface area contributed by atoms with Crippen molar-refractivity contribution in [2.24, 2.45) is 5.92 Å². The van der Waals surface area contributed by atoms with Crippen molar-refractivity contribution in [3.8, 4) is 0 Å². The van der Waals surface area contributed by atoms with Crippen molar-refractivity contribution in [2.45, 2.75) is 71.4 Å². The molecule has 2 fully saturated rings. The van der Waals surface area contributed by atoms with Gasteiger partial charge in [-0.15, -0.1) is 11.3 Å². The van der Waals surface area contributed by atoms with E-state index >= 15 is 0 Å². The second kappa shape index (κ2) is 7.64. The third-order valence-corrected chi connectivity index (χ3v) is 6.24. The number of amides is 2. The third-order valence-electron chi connectivity index (χ3n) is 5.22. The summed E-state index contributed by atoms with van der Waals surface area (Å²) in [6.07, 6.45) is 6.68. The molecule has 0 aromatic carbocycles. The molecule has 2 heterocycles. The van der Waals surface area contributed by atoms with Gasteiger partial charge in [0.25, 0.3) is 0 Å². The molecular formula is C18H27N3O2S. The van der Waals surface area contributed by atoms with E-state index in [-0.39, 0.29) is 17.7 Å². The molecule has 132 valence electrons. The summed E-state index contributed by atoms with van der Waals surface area (Å²) in [5, 5.41) is 4.12. The highest BCUT2D eigenvalue weighted by Gasteiger charge is 2.35. The summed E-state index contributed by atoms with van der Waals surface area (Å²) in [5.41, 5.74) is 1.09. The number of nitrogens with zero attached hydrogens (tertiary/aromatic N) is 2. The van der Waals surface area contributed by atoms with Gasteiger partial charge in [0.05, 0.1) is 23.2 Å². The van der Waals surface area contributed by atoms with Gasteiger partial charge in [-0.2, -0.15) is 0 Å². The average Bonchev–Trinajstić information content (AvgIpc) is 3.22. The molecule has 6 heteroatoms. The van der Waals surface area contributed by atoms with Crippen molar-refractivity contribution >= 4 is 23.2 Å². The highest BCUT2D eigenvalue weighted by molar-refractivity contribution is 7.11. The summed E-state index contributed by atoms with van der Waals surface area (Å²) in [6.45, 7) is 5.24. The molecule has 3 rings (SSSR count). The number of piperidine rings is 1. The van der Waals surface area contributed by atoms with Gasteiger partial charge in [0.2, 0.25) is 11.8 Å². The quantitative estimate of drug-likeness (QED) is 0.889.